The lowest BCUT2D eigenvalue weighted by Gasteiger charge is -2.15. The van der Waals surface area contributed by atoms with Gasteiger partial charge in [-0.1, -0.05) is 78.9 Å². The van der Waals surface area contributed by atoms with Crippen molar-refractivity contribution in [3.8, 4) is 11.1 Å². The van der Waals surface area contributed by atoms with Crippen molar-refractivity contribution in [1.82, 2.24) is 10.6 Å². The third-order valence-electron chi connectivity index (χ3n) is 6.13. The molecular formula is C28H28N2O5. The third kappa shape index (κ3) is 5.87. The summed E-state index contributed by atoms with van der Waals surface area (Å²) in [5, 5.41) is 14.7. The number of hydrogen-bond donors (Lipinski definition) is 3. The molecule has 1 atom stereocenters. The van der Waals surface area contributed by atoms with Crippen molar-refractivity contribution in [1.29, 1.82) is 0 Å². The van der Waals surface area contributed by atoms with E-state index < -0.39 is 18.1 Å². The van der Waals surface area contributed by atoms with E-state index in [9.17, 15) is 19.5 Å². The van der Waals surface area contributed by atoms with Crippen LogP contribution in [0, 0.1) is 0 Å². The quantitative estimate of drug-likeness (QED) is 0.373. The van der Waals surface area contributed by atoms with Crippen LogP contribution in [-0.2, 0) is 14.3 Å². The minimum atomic E-state index is -1.11. The van der Waals surface area contributed by atoms with Gasteiger partial charge < -0.3 is 20.5 Å². The van der Waals surface area contributed by atoms with Crippen molar-refractivity contribution in [2.24, 2.45) is 0 Å². The van der Waals surface area contributed by atoms with E-state index in [4.69, 9.17) is 4.74 Å². The number of nitrogens with one attached hydrogen (secondary N) is 2. The van der Waals surface area contributed by atoms with E-state index in [0.717, 1.165) is 11.1 Å². The minimum Gasteiger partial charge on any atom is -0.479 e. The minimum absolute atomic E-state index is 0.00337. The van der Waals surface area contributed by atoms with Crippen LogP contribution in [0.4, 0.5) is 4.79 Å². The maximum Gasteiger partial charge on any atom is 0.407 e. The maximum absolute atomic E-state index is 12.2. The van der Waals surface area contributed by atoms with Gasteiger partial charge in [-0.05, 0) is 40.7 Å². The normalized spacial score (nSPS) is 12.8. The highest BCUT2D eigenvalue weighted by molar-refractivity contribution is 5.84. The van der Waals surface area contributed by atoms with E-state index in [-0.39, 0.29) is 24.9 Å². The van der Waals surface area contributed by atoms with Crippen LogP contribution in [0.3, 0.4) is 0 Å². The number of rotatable bonds is 10. The number of carboxylic acid groups (broad SMARTS) is 1. The Morgan fingerprint density at radius 1 is 0.829 bits per heavy atom. The third-order valence-corrected chi connectivity index (χ3v) is 6.13. The van der Waals surface area contributed by atoms with Crippen molar-refractivity contribution < 1.29 is 24.2 Å². The SMILES string of the molecule is O=C(CCCCNC(=O)OCC1c2ccccc2-c2ccccc21)NC(C(=O)O)c1ccccc1. The van der Waals surface area contributed by atoms with Crippen molar-refractivity contribution in [2.45, 2.75) is 31.2 Å². The monoisotopic (exact) mass is 472 g/mol. The number of amides is 2. The number of aliphatic carboxylic acids is 1. The average molecular weight is 473 g/mol. The van der Waals surface area contributed by atoms with Gasteiger partial charge in [0.25, 0.3) is 0 Å². The van der Waals surface area contributed by atoms with E-state index in [1.807, 2.05) is 24.3 Å². The van der Waals surface area contributed by atoms with Gasteiger partial charge in [-0.25, -0.2) is 9.59 Å². The van der Waals surface area contributed by atoms with Crippen molar-refractivity contribution in [3.63, 3.8) is 0 Å². The molecule has 3 aromatic rings. The molecule has 0 aromatic heterocycles. The summed E-state index contributed by atoms with van der Waals surface area (Å²) >= 11 is 0. The first-order valence-corrected chi connectivity index (χ1v) is 11.7. The molecule has 0 saturated carbocycles. The van der Waals surface area contributed by atoms with Gasteiger partial charge >= 0.3 is 12.1 Å². The van der Waals surface area contributed by atoms with E-state index in [1.54, 1.807) is 30.3 Å². The molecule has 3 N–H and O–H groups in total. The summed E-state index contributed by atoms with van der Waals surface area (Å²) in [7, 11) is 0. The molecular weight excluding hydrogens is 444 g/mol. The lowest BCUT2D eigenvalue weighted by Crippen LogP contribution is -2.33. The first kappa shape index (κ1) is 24.0. The Bertz CT molecular complexity index is 1150. The van der Waals surface area contributed by atoms with Crippen LogP contribution >= 0.6 is 0 Å². The Balaban J connectivity index is 1.18. The van der Waals surface area contributed by atoms with Gasteiger partial charge in [0.1, 0.15) is 6.61 Å². The molecule has 1 unspecified atom stereocenters. The molecule has 2 amide bonds. The molecule has 1 aliphatic rings. The Morgan fingerprint density at radius 2 is 1.43 bits per heavy atom. The Hall–Kier alpha value is -4.13. The highest BCUT2D eigenvalue weighted by atomic mass is 16.5. The van der Waals surface area contributed by atoms with E-state index >= 15 is 0 Å². The van der Waals surface area contributed by atoms with Crippen LogP contribution in [0.1, 0.15) is 47.9 Å². The number of carbonyl (C=O) groups excluding carboxylic acids is 2. The molecule has 0 radical (unpaired) electrons. The molecule has 35 heavy (non-hydrogen) atoms. The van der Waals surface area contributed by atoms with Gasteiger partial charge in [0.15, 0.2) is 6.04 Å². The molecule has 0 saturated heterocycles. The zero-order valence-corrected chi connectivity index (χ0v) is 19.3. The predicted molar refractivity (Wildman–Crippen MR) is 132 cm³/mol. The second-order valence-electron chi connectivity index (χ2n) is 8.46. The fourth-order valence-electron chi connectivity index (χ4n) is 4.42. The van der Waals surface area contributed by atoms with Gasteiger partial charge in [-0.2, -0.15) is 0 Å². The number of benzene rings is 3. The first-order valence-electron chi connectivity index (χ1n) is 11.7. The summed E-state index contributed by atoms with van der Waals surface area (Å²) in [6.45, 7) is 0.614. The fraction of sp³-hybridized carbons (Fsp3) is 0.250. The second-order valence-corrected chi connectivity index (χ2v) is 8.46. The molecule has 0 bridgehead atoms. The predicted octanol–water partition coefficient (Wildman–Crippen LogP) is 4.64. The van der Waals surface area contributed by atoms with E-state index in [0.29, 0.717) is 24.9 Å². The molecule has 0 spiro atoms. The zero-order valence-electron chi connectivity index (χ0n) is 19.3. The van der Waals surface area contributed by atoms with Crippen molar-refractivity contribution in [3.05, 3.63) is 95.6 Å². The summed E-state index contributed by atoms with van der Waals surface area (Å²) in [5.41, 5.74) is 5.18. The largest absolute Gasteiger partial charge is 0.479 e. The van der Waals surface area contributed by atoms with Gasteiger partial charge in [-0.3, -0.25) is 4.79 Å². The Labute approximate surface area is 204 Å². The fourth-order valence-corrected chi connectivity index (χ4v) is 4.42. The molecule has 0 heterocycles. The molecule has 7 heteroatoms. The van der Waals surface area contributed by atoms with Crippen LogP contribution < -0.4 is 10.6 Å². The van der Waals surface area contributed by atoms with Crippen molar-refractivity contribution in [2.75, 3.05) is 13.2 Å². The van der Waals surface area contributed by atoms with Gasteiger partial charge in [0.2, 0.25) is 5.91 Å². The van der Waals surface area contributed by atoms with Crippen molar-refractivity contribution >= 4 is 18.0 Å². The molecule has 180 valence electrons. The number of carbonyl (C=O) groups is 3. The number of fused-ring (bicyclic) bond motifs is 3. The summed E-state index contributed by atoms with van der Waals surface area (Å²) in [6.07, 6.45) is 0.756. The van der Waals surface area contributed by atoms with Crippen LogP contribution in [0.15, 0.2) is 78.9 Å². The van der Waals surface area contributed by atoms with Gasteiger partial charge in [0, 0.05) is 18.9 Å². The lowest BCUT2D eigenvalue weighted by molar-refractivity contribution is -0.142. The topological polar surface area (TPSA) is 105 Å². The summed E-state index contributed by atoms with van der Waals surface area (Å²) in [5.74, 6) is -1.45. The van der Waals surface area contributed by atoms with Crippen LogP contribution in [0.5, 0.6) is 0 Å². The smallest absolute Gasteiger partial charge is 0.407 e. The zero-order chi connectivity index (χ0) is 24.6. The van der Waals surface area contributed by atoms with Gasteiger partial charge in [0.05, 0.1) is 0 Å². The number of carboxylic acids is 1. The highest BCUT2D eigenvalue weighted by Gasteiger charge is 2.29. The lowest BCUT2D eigenvalue weighted by atomic mass is 9.98. The molecule has 0 aliphatic heterocycles. The van der Waals surface area contributed by atoms with E-state index in [2.05, 4.69) is 34.9 Å². The van der Waals surface area contributed by atoms with Crippen LogP contribution in [-0.4, -0.2) is 36.2 Å². The molecule has 4 rings (SSSR count). The molecule has 0 fully saturated rings. The molecule has 3 aromatic carbocycles. The molecule has 1 aliphatic carbocycles. The second kappa shape index (κ2) is 11.3. The maximum atomic E-state index is 12.2. The molecule has 7 nitrogen and oxygen atoms in total. The highest BCUT2D eigenvalue weighted by Crippen LogP contribution is 2.44. The van der Waals surface area contributed by atoms with Gasteiger partial charge in [-0.15, -0.1) is 0 Å². The number of alkyl carbamates (subject to hydrolysis) is 1. The summed E-state index contributed by atoms with van der Waals surface area (Å²) in [4.78, 5) is 35.9. The number of unbranched alkanes of at least 4 members (excludes halogenated alkanes) is 1. The first-order chi connectivity index (χ1) is 17.0. The van der Waals surface area contributed by atoms with Crippen LogP contribution in [0.2, 0.25) is 0 Å². The summed E-state index contributed by atoms with van der Waals surface area (Å²) in [6, 6.07) is 23.8. The number of hydrogen-bond acceptors (Lipinski definition) is 4. The average Bonchev–Trinajstić information content (AvgIpc) is 3.20. The summed E-state index contributed by atoms with van der Waals surface area (Å²) < 4.78 is 5.50. The Morgan fingerprint density at radius 3 is 2.06 bits per heavy atom. The number of ether oxygens (including phenoxy) is 1. The standard InChI is InChI=1S/C28H28N2O5/c31-25(30-26(27(32)33)19-10-2-1-3-11-19)16-8-9-17-29-28(34)35-18-24-22-14-6-4-12-20(22)21-13-5-7-15-23(21)24/h1-7,10-15,24,26H,8-9,16-18H2,(H,29,34)(H,30,31)(H,32,33). The Kier molecular flexibility index (Phi) is 7.77. The van der Waals surface area contributed by atoms with Crippen LogP contribution in [0.25, 0.3) is 11.1 Å². The van der Waals surface area contributed by atoms with E-state index in [1.165, 1.54) is 11.1 Å².